The number of carbonyl (C=O) groups excluding carboxylic acids is 3. The van der Waals surface area contributed by atoms with Gasteiger partial charge in [0.15, 0.2) is 5.96 Å². The Labute approximate surface area is 170 Å². The summed E-state index contributed by atoms with van der Waals surface area (Å²) in [5, 5.41) is 16.1. The van der Waals surface area contributed by atoms with E-state index < -0.39 is 41.8 Å². The number of carboxylic acids is 1. The summed E-state index contributed by atoms with van der Waals surface area (Å²) in [5.41, 5.74) is 16.2. The molecule has 0 aromatic carbocycles. The maximum absolute atomic E-state index is 12.3. The summed E-state index contributed by atoms with van der Waals surface area (Å²) in [5.74, 6) is -2.84. The molecular formula is C17H33N7O5. The van der Waals surface area contributed by atoms with Crippen molar-refractivity contribution >= 4 is 29.7 Å². The molecule has 29 heavy (non-hydrogen) atoms. The molecule has 0 fully saturated rings. The molecule has 0 saturated heterocycles. The molecule has 0 saturated carbocycles. The van der Waals surface area contributed by atoms with E-state index in [1.54, 1.807) is 0 Å². The Hall–Kier alpha value is -2.89. The molecule has 166 valence electrons. The Morgan fingerprint density at radius 1 is 1.03 bits per heavy atom. The smallest absolute Gasteiger partial charge is 0.325 e. The SMILES string of the molecule is CC(C)CC(N)C(=O)NCC(=O)NC(CCCN=C(N)N)C(=O)NC(C)C(=O)O. The van der Waals surface area contributed by atoms with Gasteiger partial charge in [-0.3, -0.25) is 24.2 Å². The topological polar surface area (TPSA) is 215 Å². The second-order valence-corrected chi connectivity index (χ2v) is 7.09. The lowest BCUT2D eigenvalue weighted by molar-refractivity contribution is -0.141. The van der Waals surface area contributed by atoms with Gasteiger partial charge in [0.25, 0.3) is 0 Å². The molecule has 0 radical (unpaired) electrons. The van der Waals surface area contributed by atoms with Crippen LogP contribution in [0.15, 0.2) is 4.99 Å². The largest absolute Gasteiger partial charge is 0.480 e. The third kappa shape index (κ3) is 12.2. The lowest BCUT2D eigenvalue weighted by atomic mass is 10.0. The van der Waals surface area contributed by atoms with Crippen molar-refractivity contribution in [3.63, 3.8) is 0 Å². The van der Waals surface area contributed by atoms with Crippen LogP contribution >= 0.6 is 0 Å². The molecule has 0 aliphatic carbocycles. The summed E-state index contributed by atoms with van der Waals surface area (Å²) in [4.78, 5) is 51.1. The van der Waals surface area contributed by atoms with Crippen LogP contribution in [0.2, 0.25) is 0 Å². The fourth-order valence-corrected chi connectivity index (χ4v) is 2.31. The minimum Gasteiger partial charge on any atom is -0.480 e. The summed E-state index contributed by atoms with van der Waals surface area (Å²) < 4.78 is 0. The molecule has 12 heteroatoms. The van der Waals surface area contributed by atoms with Gasteiger partial charge in [0.1, 0.15) is 12.1 Å². The molecule has 0 rings (SSSR count). The summed E-state index contributed by atoms with van der Waals surface area (Å²) >= 11 is 0. The minimum atomic E-state index is -1.21. The number of hydrogen-bond donors (Lipinski definition) is 7. The van der Waals surface area contributed by atoms with E-state index >= 15 is 0 Å². The standard InChI is InChI=1S/C17H33N7O5/c1-9(2)7-11(18)14(26)22-8-13(25)24-12(5-4-6-21-17(19)20)15(27)23-10(3)16(28)29/h9-12H,4-8,18H2,1-3H3,(H,22,26)(H,23,27)(H,24,25)(H,28,29)(H4,19,20,21). The van der Waals surface area contributed by atoms with Crippen LogP contribution in [0.4, 0.5) is 0 Å². The summed E-state index contributed by atoms with van der Waals surface area (Å²) in [6.45, 7) is 5.01. The van der Waals surface area contributed by atoms with E-state index in [1.165, 1.54) is 6.92 Å². The van der Waals surface area contributed by atoms with Gasteiger partial charge >= 0.3 is 5.97 Å². The molecule has 0 aliphatic heterocycles. The van der Waals surface area contributed by atoms with Gasteiger partial charge in [-0.2, -0.15) is 0 Å². The number of aliphatic imine (C=N–C) groups is 1. The van der Waals surface area contributed by atoms with Crippen LogP contribution in [-0.4, -0.2) is 66.0 Å². The first-order chi connectivity index (χ1) is 13.4. The zero-order chi connectivity index (χ0) is 22.6. The van der Waals surface area contributed by atoms with Gasteiger partial charge < -0.3 is 38.3 Å². The van der Waals surface area contributed by atoms with E-state index in [1.807, 2.05) is 13.8 Å². The molecule has 0 aromatic heterocycles. The van der Waals surface area contributed by atoms with Gasteiger partial charge in [-0.1, -0.05) is 13.8 Å². The number of nitrogens with one attached hydrogen (secondary N) is 3. The van der Waals surface area contributed by atoms with Crippen LogP contribution in [0.1, 0.15) is 40.0 Å². The van der Waals surface area contributed by atoms with Crippen molar-refractivity contribution in [1.29, 1.82) is 0 Å². The molecule has 12 nitrogen and oxygen atoms in total. The maximum Gasteiger partial charge on any atom is 0.325 e. The highest BCUT2D eigenvalue weighted by Crippen LogP contribution is 2.02. The van der Waals surface area contributed by atoms with E-state index in [0.717, 1.165) is 0 Å². The van der Waals surface area contributed by atoms with Crippen LogP contribution in [0, 0.1) is 5.92 Å². The minimum absolute atomic E-state index is 0.102. The average molecular weight is 415 g/mol. The van der Waals surface area contributed by atoms with E-state index in [9.17, 15) is 19.2 Å². The summed E-state index contributed by atoms with van der Waals surface area (Å²) in [7, 11) is 0. The van der Waals surface area contributed by atoms with E-state index in [2.05, 4.69) is 20.9 Å². The van der Waals surface area contributed by atoms with E-state index in [-0.39, 0.29) is 31.4 Å². The molecule has 0 aromatic rings. The number of guanidine groups is 1. The first-order valence-corrected chi connectivity index (χ1v) is 9.35. The molecule has 0 aliphatic rings. The fourth-order valence-electron chi connectivity index (χ4n) is 2.31. The average Bonchev–Trinajstić information content (AvgIpc) is 2.60. The number of carboxylic acid groups (broad SMARTS) is 1. The van der Waals surface area contributed by atoms with Crippen molar-refractivity contribution in [3.05, 3.63) is 0 Å². The monoisotopic (exact) mass is 415 g/mol. The Bertz CT molecular complexity index is 605. The maximum atomic E-state index is 12.3. The van der Waals surface area contributed by atoms with E-state index in [4.69, 9.17) is 22.3 Å². The van der Waals surface area contributed by atoms with Crippen LogP contribution < -0.4 is 33.2 Å². The molecule has 3 unspecified atom stereocenters. The van der Waals surface area contributed by atoms with Gasteiger partial charge in [0.2, 0.25) is 17.7 Å². The number of carbonyl (C=O) groups is 4. The number of nitrogens with two attached hydrogens (primary N) is 3. The first kappa shape index (κ1) is 26.1. The quantitative estimate of drug-likeness (QED) is 0.0975. The van der Waals surface area contributed by atoms with Gasteiger partial charge in [0.05, 0.1) is 12.6 Å². The molecular weight excluding hydrogens is 382 g/mol. The fraction of sp³-hybridized carbons (Fsp3) is 0.706. The normalized spacial score (nSPS) is 13.7. The van der Waals surface area contributed by atoms with E-state index in [0.29, 0.717) is 12.8 Å². The zero-order valence-electron chi connectivity index (χ0n) is 17.1. The number of amides is 3. The lowest BCUT2D eigenvalue weighted by Gasteiger charge is -2.20. The van der Waals surface area contributed by atoms with Crippen LogP contribution in [0.3, 0.4) is 0 Å². The zero-order valence-corrected chi connectivity index (χ0v) is 17.1. The lowest BCUT2D eigenvalue weighted by Crippen LogP contribution is -2.53. The Kier molecular flexibility index (Phi) is 12.0. The number of aliphatic carboxylic acids is 1. The Balaban J connectivity index is 4.79. The predicted octanol–water partition coefficient (Wildman–Crippen LogP) is -2.40. The second-order valence-electron chi connectivity index (χ2n) is 7.09. The van der Waals surface area contributed by atoms with Crippen molar-refractivity contribution in [2.24, 2.45) is 28.1 Å². The number of nitrogens with zero attached hydrogens (tertiary/aromatic N) is 1. The molecule has 0 heterocycles. The third-order valence-corrected chi connectivity index (χ3v) is 3.81. The Morgan fingerprint density at radius 2 is 1.66 bits per heavy atom. The van der Waals surface area contributed by atoms with Crippen molar-refractivity contribution in [3.8, 4) is 0 Å². The predicted molar refractivity (Wildman–Crippen MR) is 108 cm³/mol. The van der Waals surface area contributed by atoms with Gasteiger partial charge in [0, 0.05) is 6.54 Å². The Morgan fingerprint density at radius 3 is 2.17 bits per heavy atom. The van der Waals surface area contributed by atoms with Crippen molar-refractivity contribution in [2.75, 3.05) is 13.1 Å². The second kappa shape index (κ2) is 13.3. The summed E-state index contributed by atoms with van der Waals surface area (Å²) in [6, 6.07) is -2.88. The summed E-state index contributed by atoms with van der Waals surface area (Å²) in [6.07, 6.45) is 1.00. The van der Waals surface area contributed by atoms with Crippen LogP contribution in [-0.2, 0) is 19.2 Å². The third-order valence-electron chi connectivity index (χ3n) is 3.81. The molecule has 10 N–H and O–H groups in total. The van der Waals surface area contributed by atoms with Crippen LogP contribution in [0.25, 0.3) is 0 Å². The molecule has 3 atom stereocenters. The van der Waals surface area contributed by atoms with Crippen LogP contribution in [0.5, 0.6) is 0 Å². The van der Waals surface area contributed by atoms with Gasteiger partial charge in [-0.15, -0.1) is 0 Å². The molecule has 0 bridgehead atoms. The highest BCUT2D eigenvalue weighted by atomic mass is 16.4. The number of rotatable bonds is 13. The van der Waals surface area contributed by atoms with Gasteiger partial charge in [-0.25, -0.2) is 0 Å². The highest BCUT2D eigenvalue weighted by Gasteiger charge is 2.24. The van der Waals surface area contributed by atoms with Crippen molar-refractivity contribution in [1.82, 2.24) is 16.0 Å². The highest BCUT2D eigenvalue weighted by molar-refractivity contribution is 5.92. The van der Waals surface area contributed by atoms with Crippen molar-refractivity contribution < 1.29 is 24.3 Å². The molecule has 3 amide bonds. The van der Waals surface area contributed by atoms with Crippen molar-refractivity contribution in [2.45, 2.75) is 58.2 Å². The molecule has 0 spiro atoms. The number of hydrogen-bond acceptors (Lipinski definition) is 6. The first-order valence-electron chi connectivity index (χ1n) is 9.35. The van der Waals surface area contributed by atoms with Gasteiger partial charge in [-0.05, 0) is 32.1 Å².